The first kappa shape index (κ1) is 23.9. The molecular weight excluding hydrogens is 465 g/mol. The van der Waals surface area contributed by atoms with Gasteiger partial charge < -0.3 is 14.8 Å². The van der Waals surface area contributed by atoms with Gasteiger partial charge in [-0.15, -0.1) is 11.3 Å². The lowest BCUT2D eigenvalue weighted by atomic mass is 9.97. The zero-order valence-corrected chi connectivity index (χ0v) is 20.2. The highest BCUT2D eigenvalue weighted by molar-refractivity contribution is 7.19. The summed E-state index contributed by atoms with van der Waals surface area (Å²) in [5.41, 5.74) is 2.09. The molecule has 0 amide bonds. The lowest BCUT2D eigenvalue weighted by Crippen LogP contribution is -2.14. The number of nitrogens with zero attached hydrogens (tertiary/aromatic N) is 2. The first-order chi connectivity index (χ1) is 16.0. The van der Waals surface area contributed by atoms with E-state index < -0.39 is 0 Å². The van der Waals surface area contributed by atoms with Crippen molar-refractivity contribution in [1.29, 1.82) is 0 Å². The van der Waals surface area contributed by atoms with Gasteiger partial charge in [0.1, 0.15) is 29.7 Å². The van der Waals surface area contributed by atoms with Gasteiger partial charge in [0.2, 0.25) is 0 Å². The summed E-state index contributed by atoms with van der Waals surface area (Å²) in [5.74, 6) is 0.451. The van der Waals surface area contributed by atoms with Gasteiger partial charge in [-0.3, -0.25) is 0 Å². The molecule has 1 aliphatic rings. The summed E-state index contributed by atoms with van der Waals surface area (Å²) in [6.45, 7) is 2.81. The second kappa shape index (κ2) is 11.2. The van der Waals surface area contributed by atoms with Crippen LogP contribution in [0.3, 0.4) is 0 Å². The van der Waals surface area contributed by atoms with E-state index in [0.29, 0.717) is 29.8 Å². The Balaban J connectivity index is 1.53. The van der Waals surface area contributed by atoms with E-state index in [1.807, 2.05) is 6.92 Å². The van der Waals surface area contributed by atoms with Crippen LogP contribution in [0, 0.1) is 5.82 Å². The van der Waals surface area contributed by atoms with Crippen LogP contribution in [0.15, 0.2) is 18.2 Å². The van der Waals surface area contributed by atoms with E-state index in [1.165, 1.54) is 29.0 Å². The van der Waals surface area contributed by atoms with Crippen molar-refractivity contribution < 1.29 is 18.7 Å². The highest BCUT2D eigenvalue weighted by Gasteiger charge is 2.21. The minimum absolute atomic E-state index is 0.105. The van der Waals surface area contributed by atoms with E-state index in [-0.39, 0.29) is 25.0 Å². The number of carbonyl (C=O) groups is 1. The number of hydrogen-bond acceptors (Lipinski definition) is 7. The van der Waals surface area contributed by atoms with Gasteiger partial charge in [-0.05, 0) is 55.4 Å². The third kappa shape index (κ3) is 5.99. The number of halogens is 2. The van der Waals surface area contributed by atoms with Crippen LogP contribution in [0.2, 0.25) is 5.02 Å². The average Bonchev–Trinajstić information content (AvgIpc) is 3.17. The van der Waals surface area contributed by atoms with Crippen LogP contribution in [0.1, 0.15) is 54.4 Å². The highest BCUT2D eigenvalue weighted by atomic mass is 35.5. The van der Waals surface area contributed by atoms with E-state index in [1.54, 1.807) is 17.4 Å². The van der Waals surface area contributed by atoms with E-state index in [9.17, 15) is 9.18 Å². The van der Waals surface area contributed by atoms with Crippen molar-refractivity contribution in [3.05, 3.63) is 50.9 Å². The number of hydrogen-bond donors (Lipinski definition) is 1. The van der Waals surface area contributed by atoms with Gasteiger partial charge in [0, 0.05) is 16.4 Å². The summed E-state index contributed by atoms with van der Waals surface area (Å²) >= 11 is 7.90. The Morgan fingerprint density at radius 2 is 2.12 bits per heavy atom. The smallest absolute Gasteiger partial charge is 0.332 e. The maximum absolute atomic E-state index is 13.4. The molecular formula is C24H27ClFN3O3S. The molecule has 0 aliphatic heterocycles. The predicted octanol–water partition coefficient (Wildman–Crippen LogP) is 5.83. The summed E-state index contributed by atoms with van der Waals surface area (Å²) in [5, 5.41) is 4.78. The van der Waals surface area contributed by atoms with Crippen LogP contribution in [0.25, 0.3) is 10.2 Å². The normalized spacial score (nSPS) is 13.2. The molecule has 0 unspecified atom stereocenters. The van der Waals surface area contributed by atoms with Crippen LogP contribution in [0.5, 0.6) is 0 Å². The first-order valence-electron chi connectivity index (χ1n) is 11.3. The van der Waals surface area contributed by atoms with Crippen molar-refractivity contribution in [3.8, 4) is 0 Å². The summed E-state index contributed by atoms with van der Waals surface area (Å²) in [4.78, 5) is 23.5. The van der Waals surface area contributed by atoms with Crippen LogP contribution < -0.4 is 5.32 Å². The molecule has 0 saturated carbocycles. The molecule has 0 radical (unpaired) electrons. The largest absolute Gasteiger partial charge is 0.464 e. The number of rotatable bonds is 10. The number of aromatic nitrogens is 2. The lowest BCUT2D eigenvalue weighted by Gasteiger charge is -2.14. The van der Waals surface area contributed by atoms with Crippen LogP contribution >= 0.6 is 22.9 Å². The molecule has 2 heterocycles. The van der Waals surface area contributed by atoms with E-state index in [2.05, 4.69) is 5.32 Å². The summed E-state index contributed by atoms with van der Waals surface area (Å²) in [7, 11) is 0. The van der Waals surface area contributed by atoms with E-state index in [0.717, 1.165) is 47.9 Å². The lowest BCUT2D eigenvalue weighted by molar-refractivity contribution is -0.149. The van der Waals surface area contributed by atoms with Crippen LogP contribution in [-0.2, 0) is 40.3 Å². The number of esters is 1. The molecule has 0 spiro atoms. The molecule has 0 atom stereocenters. The molecule has 3 aromatic rings. The number of ether oxygens (including phenoxy) is 2. The quantitative estimate of drug-likeness (QED) is 0.284. The van der Waals surface area contributed by atoms with Gasteiger partial charge in [-0.25, -0.2) is 19.2 Å². The molecule has 2 aromatic heterocycles. The second-order valence-corrected chi connectivity index (χ2v) is 9.53. The number of nitrogens with one attached hydrogen (secondary N) is 1. The van der Waals surface area contributed by atoms with Gasteiger partial charge in [0.25, 0.3) is 0 Å². The number of benzene rings is 1. The SMILES string of the molecule is CCCCOC(=O)COCc1nc(NCc2ccc(F)cc2Cl)c2c3c(sc2n1)CCCC3. The van der Waals surface area contributed by atoms with Crippen molar-refractivity contribution in [1.82, 2.24) is 9.97 Å². The number of anilines is 1. The molecule has 1 aliphatic carbocycles. The van der Waals surface area contributed by atoms with Crippen molar-refractivity contribution in [3.63, 3.8) is 0 Å². The Morgan fingerprint density at radius 1 is 1.27 bits per heavy atom. The van der Waals surface area contributed by atoms with Gasteiger partial charge in [-0.1, -0.05) is 31.0 Å². The Bertz CT molecular complexity index is 1140. The van der Waals surface area contributed by atoms with Gasteiger partial charge in [0.15, 0.2) is 5.82 Å². The van der Waals surface area contributed by atoms with E-state index >= 15 is 0 Å². The molecule has 33 heavy (non-hydrogen) atoms. The number of fused-ring (bicyclic) bond motifs is 3. The fourth-order valence-corrected chi connectivity index (χ4v) is 5.35. The minimum atomic E-state index is -0.389. The number of thiophene rings is 1. The maximum Gasteiger partial charge on any atom is 0.332 e. The Morgan fingerprint density at radius 3 is 2.94 bits per heavy atom. The van der Waals surface area contributed by atoms with Crippen LogP contribution in [0.4, 0.5) is 10.2 Å². The summed E-state index contributed by atoms with van der Waals surface area (Å²) in [6.07, 6.45) is 6.18. The van der Waals surface area contributed by atoms with Gasteiger partial charge in [0.05, 0.1) is 12.0 Å². The fraction of sp³-hybridized carbons (Fsp3) is 0.458. The fourth-order valence-electron chi connectivity index (χ4n) is 3.84. The molecule has 0 fully saturated rings. The molecule has 1 N–H and O–H groups in total. The topological polar surface area (TPSA) is 73.3 Å². The molecule has 176 valence electrons. The Hall–Kier alpha value is -2.29. The van der Waals surface area contributed by atoms with Crippen molar-refractivity contribution in [2.24, 2.45) is 0 Å². The van der Waals surface area contributed by atoms with Crippen molar-refractivity contribution in [2.45, 2.75) is 58.6 Å². The number of aryl methyl sites for hydroxylation is 2. The Kier molecular flexibility index (Phi) is 8.11. The number of carbonyl (C=O) groups excluding carboxylic acids is 1. The summed E-state index contributed by atoms with van der Waals surface area (Å²) < 4.78 is 24.1. The van der Waals surface area contributed by atoms with Crippen LogP contribution in [-0.4, -0.2) is 29.2 Å². The molecule has 9 heteroatoms. The summed E-state index contributed by atoms with van der Waals surface area (Å²) in [6, 6.07) is 4.36. The minimum Gasteiger partial charge on any atom is -0.464 e. The zero-order valence-electron chi connectivity index (χ0n) is 18.6. The Labute approximate surface area is 201 Å². The standard InChI is InChI=1S/C24H27ClFN3O3S/c1-2-3-10-32-21(30)14-31-13-20-28-23(27-12-15-8-9-16(26)11-18(15)25)22-17-6-4-5-7-19(17)33-24(22)29-20/h8-9,11H,2-7,10,12-14H2,1H3,(H,27,28,29). The molecule has 6 nitrogen and oxygen atoms in total. The third-order valence-electron chi connectivity index (χ3n) is 5.53. The number of unbranched alkanes of at least 4 members (excludes halogenated alkanes) is 1. The van der Waals surface area contributed by atoms with Crippen molar-refractivity contribution in [2.75, 3.05) is 18.5 Å². The van der Waals surface area contributed by atoms with Crippen molar-refractivity contribution >= 4 is 44.9 Å². The average molecular weight is 492 g/mol. The monoisotopic (exact) mass is 491 g/mol. The maximum atomic E-state index is 13.4. The molecule has 0 bridgehead atoms. The molecule has 4 rings (SSSR count). The molecule has 1 aromatic carbocycles. The predicted molar refractivity (Wildman–Crippen MR) is 128 cm³/mol. The molecule has 0 saturated heterocycles. The first-order valence-corrected chi connectivity index (χ1v) is 12.5. The van der Waals surface area contributed by atoms with E-state index in [4.69, 9.17) is 31.0 Å². The van der Waals surface area contributed by atoms with Gasteiger partial charge in [-0.2, -0.15) is 0 Å². The zero-order chi connectivity index (χ0) is 23.2. The second-order valence-electron chi connectivity index (χ2n) is 8.04. The van der Waals surface area contributed by atoms with Gasteiger partial charge >= 0.3 is 5.97 Å². The highest BCUT2D eigenvalue weighted by Crippen LogP contribution is 2.39. The third-order valence-corrected chi connectivity index (χ3v) is 7.07.